The second-order valence-corrected chi connectivity index (χ2v) is 16.1. The van der Waals surface area contributed by atoms with Gasteiger partial charge < -0.3 is 4.57 Å². The molecule has 0 atom stereocenters. The zero-order chi connectivity index (χ0) is 41.7. The molecule has 0 bridgehead atoms. The largest absolute Gasteiger partial charge is 0.309 e. The Kier molecular flexibility index (Phi) is 8.83. The van der Waals surface area contributed by atoms with Gasteiger partial charge in [-0.3, -0.25) is 0 Å². The minimum Gasteiger partial charge on any atom is -0.309 e. The molecule has 294 valence electrons. The SMILES string of the molecule is c1ccc(-c2cccc(-c3cc(-c4ccccc4)nc(-c4ccc(-c5ccc(-n6c7ccccc7c7cc(-c8ccccc8)ccc76)c6ccccc56)c5ccccc45)n3)c2)cc1. The van der Waals surface area contributed by atoms with E-state index in [-0.39, 0.29) is 0 Å². The zero-order valence-corrected chi connectivity index (χ0v) is 34.4. The summed E-state index contributed by atoms with van der Waals surface area (Å²) >= 11 is 0. The third kappa shape index (κ3) is 6.38. The lowest BCUT2D eigenvalue weighted by Gasteiger charge is -2.17. The van der Waals surface area contributed by atoms with Crippen LogP contribution in [-0.4, -0.2) is 14.5 Å². The summed E-state index contributed by atoms with van der Waals surface area (Å²) in [5.74, 6) is 0.696. The van der Waals surface area contributed by atoms with Crippen LogP contribution in [0.5, 0.6) is 0 Å². The van der Waals surface area contributed by atoms with Gasteiger partial charge in [0.15, 0.2) is 5.82 Å². The van der Waals surface area contributed by atoms with Crippen LogP contribution in [0.2, 0.25) is 0 Å². The average molecular weight is 802 g/mol. The summed E-state index contributed by atoms with van der Waals surface area (Å²) in [7, 11) is 0. The van der Waals surface area contributed by atoms with E-state index in [0.29, 0.717) is 5.82 Å². The zero-order valence-electron chi connectivity index (χ0n) is 34.4. The second kappa shape index (κ2) is 15.3. The van der Waals surface area contributed by atoms with E-state index in [1.807, 2.05) is 6.07 Å². The summed E-state index contributed by atoms with van der Waals surface area (Å²) in [5, 5.41) is 7.13. The van der Waals surface area contributed by atoms with E-state index in [4.69, 9.17) is 9.97 Å². The van der Waals surface area contributed by atoms with Crippen LogP contribution in [0.1, 0.15) is 0 Å². The van der Waals surface area contributed by atoms with Crippen LogP contribution >= 0.6 is 0 Å². The highest BCUT2D eigenvalue weighted by molar-refractivity contribution is 6.14. The quantitative estimate of drug-likeness (QED) is 0.161. The van der Waals surface area contributed by atoms with Gasteiger partial charge in [0.05, 0.1) is 28.1 Å². The molecule has 10 aromatic carbocycles. The Morgan fingerprint density at radius 3 is 1.40 bits per heavy atom. The lowest BCUT2D eigenvalue weighted by Crippen LogP contribution is -1.98. The van der Waals surface area contributed by atoms with Crippen molar-refractivity contribution in [3.8, 4) is 73.0 Å². The number of hydrogen-bond donors (Lipinski definition) is 0. The highest BCUT2D eigenvalue weighted by atomic mass is 15.0. The molecule has 0 N–H and O–H groups in total. The highest BCUT2D eigenvalue weighted by Gasteiger charge is 2.19. The maximum atomic E-state index is 5.34. The molecule has 0 aliphatic carbocycles. The molecule has 12 aromatic rings. The van der Waals surface area contributed by atoms with Crippen molar-refractivity contribution in [2.45, 2.75) is 0 Å². The fourth-order valence-electron chi connectivity index (χ4n) is 9.45. The monoisotopic (exact) mass is 801 g/mol. The van der Waals surface area contributed by atoms with Gasteiger partial charge in [-0.15, -0.1) is 0 Å². The van der Waals surface area contributed by atoms with E-state index in [1.165, 1.54) is 60.4 Å². The molecular weight excluding hydrogens is 763 g/mol. The number of benzene rings is 10. The molecule has 0 aliphatic heterocycles. The highest BCUT2D eigenvalue weighted by Crippen LogP contribution is 2.42. The summed E-state index contributed by atoms with van der Waals surface area (Å²) < 4.78 is 2.44. The number of nitrogens with zero attached hydrogens (tertiary/aromatic N) is 3. The number of fused-ring (bicyclic) bond motifs is 5. The third-order valence-electron chi connectivity index (χ3n) is 12.4. The molecule has 0 radical (unpaired) electrons. The summed E-state index contributed by atoms with van der Waals surface area (Å²) in [6.07, 6.45) is 0. The van der Waals surface area contributed by atoms with Gasteiger partial charge in [0.25, 0.3) is 0 Å². The molecule has 0 saturated carbocycles. The van der Waals surface area contributed by atoms with Crippen molar-refractivity contribution in [2.24, 2.45) is 0 Å². The summed E-state index contributed by atoms with van der Waals surface area (Å²) in [6.45, 7) is 0. The van der Waals surface area contributed by atoms with Crippen LogP contribution in [0.4, 0.5) is 0 Å². The third-order valence-corrected chi connectivity index (χ3v) is 12.4. The number of para-hydroxylation sites is 1. The molecule has 12 rings (SSSR count). The Labute approximate surface area is 365 Å². The predicted octanol–water partition coefficient (Wildman–Crippen LogP) is 15.9. The van der Waals surface area contributed by atoms with Gasteiger partial charge in [-0.2, -0.15) is 0 Å². The summed E-state index contributed by atoms with van der Waals surface area (Å²) in [6, 6.07) is 84.6. The van der Waals surface area contributed by atoms with Gasteiger partial charge in [0, 0.05) is 32.8 Å². The first-order chi connectivity index (χ1) is 31.2. The van der Waals surface area contributed by atoms with Gasteiger partial charge in [-0.25, -0.2) is 9.97 Å². The first kappa shape index (κ1) is 36.5. The second-order valence-electron chi connectivity index (χ2n) is 16.1. The van der Waals surface area contributed by atoms with E-state index >= 15 is 0 Å². The van der Waals surface area contributed by atoms with E-state index in [0.717, 1.165) is 50.1 Å². The number of aromatic nitrogens is 3. The fourth-order valence-corrected chi connectivity index (χ4v) is 9.45. The molecule has 3 heteroatoms. The van der Waals surface area contributed by atoms with Gasteiger partial charge in [-0.05, 0) is 92.0 Å². The van der Waals surface area contributed by atoms with E-state index in [9.17, 15) is 0 Å². The average Bonchev–Trinajstić information content (AvgIpc) is 3.70. The Hall–Kier alpha value is -8.40. The van der Waals surface area contributed by atoms with Crippen LogP contribution in [0.15, 0.2) is 237 Å². The lowest BCUT2D eigenvalue weighted by molar-refractivity contribution is 1.19. The van der Waals surface area contributed by atoms with Crippen LogP contribution in [-0.2, 0) is 0 Å². The van der Waals surface area contributed by atoms with Gasteiger partial charge in [0.1, 0.15) is 0 Å². The van der Waals surface area contributed by atoms with Crippen LogP contribution < -0.4 is 0 Å². The Balaban J connectivity index is 1.02. The molecule has 2 heterocycles. The molecule has 63 heavy (non-hydrogen) atoms. The molecule has 3 nitrogen and oxygen atoms in total. The lowest BCUT2D eigenvalue weighted by atomic mass is 9.91. The topological polar surface area (TPSA) is 30.7 Å². The van der Waals surface area contributed by atoms with Crippen LogP contribution in [0.3, 0.4) is 0 Å². The van der Waals surface area contributed by atoms with Crippen LogP contribution in [0.25, 0.3) is 116 Å². The molecule has 0 fully saturated rings. The van der Waals surface area contributed by atoms with Crippen molar-refractivity contribution in [3.63, 3.8) is 0 Å². The Morgan fingerprint density at radius 2 is 0.714 bits per heavy atom. The Morgan fingerprint density at radius 1 is 0.254 bits per heavy atom. The minimum absolute atomic E-state index is 0.696. The van der Waals surface area contributed by atoms with Crippen molar-refractivity contribution in [2.75, 3.05) is 0 Å². The number of hydrogen-bond acceptors (Lipinski definition) is 2. The van der Waals surface area contributed by atoms with Crippen molar-refractivity contribution < 1.29 is 0 Å². The summed E-state index contributed by atoms with van der Waals surface area (Å²) in [4.78, 5) is 10.6. The predicted molar refractivity (Wildman–Crippen MR) is 264 cm³/mol. The molecule has 0 unspecified atom stereocenters. The van der Waals surface area contributed by atoms with Gasteiger partial charge in [-0.1, -0.05) is 194 Å². The first-order valence-electron chi connectivity index (χ1n) is 21.5. The molecular formula is C60H39N3. The van der Waals surface area contributed by atoms with Gasteiger partial charge in [0.2, 0.25) is 0 Å². The normalized spacial score (nSPS) is 11.5. The van der Waals surface area contributed by atoms with Crippen molar-refractivity contribution >= 4 is 43.4 Å². The van der Waals surface area contributed by atoms with Crippen molar-refractivity contribution in [3.05, 3.63) is 237 Å². The van der Waals surface area contributed by atoms with E-state index in [1.54, 1.807) is 0 Å². The van der Waals surface area contributed by atoms with E-state index in [2.05, 4.69) is 235 Å². The number of rotatable bonds is 7. The maximum absolute atomic E-state index is 5.34. The molecule has 0 spiro atoms. The molecule has 0 aliphatic rings. The van der Waals surface area contributed by atoms with Gasteiger partial charge >= 0.3 is 0 Å². The molecule has 2 aromatic heterocycles. The Bertz CT molecular complexity index is 3660. The first-order valence-corrected chi connectivity index (χ1v) is 21.5. The molecule has 0 saturated heterocycles. The van der Waals surface area contributed by atoms with Crippen molar-refractivity contribution in [1.82, 2.24) is 14.5 Å². The van der Waals surface area contributed by atoms with E-state index < -0.39 is 0 Å². The smallest absolute Gasteiger partial charge is 0.161 e. The minimum atomic E-state index is 0.696. The maximum Gasteiger partial charge on any atom is 0.161 e. The molecule has 0 amide bonds. The standard InChI is InChI=1S/C60H39N3/c1-4-17-40(18-5-1)43-23-16-24-45(37-43)56-39-55(42-21-8-3-9-22-42)61-60(62-56)53-33-32-49(46-25-10-11-27-48(46)53)50-34-36-58(51-28-13-12-26-47(50)51)63-57-30-15-14-29-52(57)54-38-44(31-35-59(54)63)41-19-6-2-7-20-41/h1-39H. The van der Waals surface area contributed by atoms with Crippen molar-refractivity contribution in [1.29, 1.82) is 0 Å². The summed E-state index contributed by atoms with van der Waals surface area (Å²) in [5.41, 5.74) is 15.5. The van der Waals surface area contributed by atoms with Crippen LogP contribution in [0, 0.1) is 0 Å². The fraction of sp³-hybridized carbons (Fsp3) is 0.